The average Bonchev–Trinajstić information content (AvgIpc) is 2.41. The minimum absolute atomic E-state index is 0.141. The van der Waals surface area contributed by atoms with Crippen molar-refractivity contribution in [2.24, 2.45) is 0 Å². The third-order valence-electron chi connectivity index (χ3n) is 3.58. The molecule has 0 saturated carbocycles. The predicted molar refractivity (Wildman–Crippen MR) is 88.0 cm³/mol. The van der Waals surface area contributed by atoms with Crippen molar-refractivity contribution in [2.45, 2.75) is 20.4 Å². The van der Waals surface area contributed by atoms with E-state index in [2.05, 4.69) is 6.92 Å². The molecular weight excluding hydrogens is 282 g/mol. The molecule has 0 radical (unpaired) electrons. The lowest BCUT2D eigenvalue weighted by atomic mass is 10.0. The molecule has 2 nitrogen and oxygen atoms in total. The summed E-state index contributed by atoms with van der Waals surface area (Å²) in [7, 11) is 1.94. The Morgan fingerprint density at radius 3 is 2.52 bits per heavy atom. The minimum Gasteiger partial charge on any atom is -0.295 e. The Morgan fingerprint density at radius 2 is 1.86 bits per heavy atom. The van der Waals surface area contributed by atoms with Gasteiger partial charge in [-0.1, -0.05) is 35.9 Å². The number of rotatable bonds is 5. The van der Waals surface area contributed by atoms with Crippen molar-refractivity contribution in [3.8, 4) is 0 Å². The summed E-state index contributed by atoms with van der Waals surface area (Å²) >= 11 is 5.98. The highest BCUT2D eigenvalue weighted by Gasteiger charge is 2.10. The molecule has 0 aliphatic carbocycles. The van der Waals surface area contributed by atoms with Gasteiger partial charge in [-0.25, -0.2) is 0 Å². The van der Waals surface area contributed by atoms with Crippen molar-refractivity contribution in [3.63, 3.8) is 0 Å². The van der Waals surface area contributed by atoms with Crippen LogP contribution in [0.15, 0.2) is 42.5 Å². The zero-order valence-corrected chi connectivity index (χ0v) is 13.4. The standard InChI is InChI=1S/C18H20ClNO/c1-13-7-8-16(9-14(13)2)18(21)12-20(3)11-15-5-4-6-17(19)10-15/h4-10H,11-12H2,1-3H3. The number of nitrogens with zero attached hydrogens (tertiary/aromatic N) is 1. The molecule has 0 saturated heterocycles. The third-order valence-corrected chi connectivity index (χ3v) is 3.82. The number of hydrogen-bond donors (Lipinski definition) is 0. The summed E-state index contributed by atoms with van der Waals surface area (Å²) in [5.41, 5.74) is 4.24. The monoisotopic (exact) mass is 301 g/mol. The number of aryl methyl sites for hydroxylation is 2. The van der Waals surface area contributed by atoms with E-state index in [1.54, 1.807) is 0 Å². The third kappa shape index (κ3) is 4.42. The highest BCUT2D eigenvalue weighted by atomic mass is 35.5. The second kappa shape index (κ2) is 6.88. The van der Waals surface area contributed by atoms with Gasteiger partial charge in [-0.15, -0.1) is 0 Å². The fourth-order valence-corrected chi connectivity index (χ4v) is 2.47. The Kier molecular flexibility index (Phi) is 5.16. The highest BCUT2D eigenvalue weighted by Crippen LogP contribution is 2.14. The van der Waals surface area contributed by atoms with Gasteiger partial charge in [-0.05, 0) is 55.8 Å². The van der Waals surface area contributed by atoms with Crippen LogP contribution in [0, 0.1) is 13.8 Å². The van der Waals surface area contributed by atoms with Gasteiger partial charge in [0.25, 0.3) is 0 Å². The molecule has 0 spiro atoms. The molecule has 0 aliphatic rings. The van der Waals surface area contributed by atoms with E-state index in [-0.39, 0.29) is 5.78 Å². The van der Waals surface area contributed by atoms with E-state index < -0.39 is 0 Å². The number of carbonyl (C=O) groups is 1. The van der Waals surface area contributed by atoms with Crippen LogP contribution in [0.4, 0.5) is 0 Å². The zero-order chi connectivity index (χ0) is 15.4. The van der Waals surface area contributed by atoms with Gasteiger partial charge in [0.15, 0.2) is 5.78 Å². The van der Waals surface area contributed by atoms with Crippen LogP contribution in [0.25, 0.3) is 0 Å². The molecule has 2 aromatic carbocycles. The van der Waals surface area contributed by atoms with Crippen LogP contribution in [0.1, 0.15) is 27.0 Å². The molecule has 3 heteroatoms. The lowest BCUT2D eigenvalue weighted by Gasteiger charge is -2.16. The number of carbonyl (C=O) groups excluding carboxylic acids is 1. The molecule has 0 aromatic heterocycles. The normalized spacial score (nSPS) is 10.9. The fourth-order valence-electron chi connectivity index (χ4n) is 2.25. The zero-order valence-electron chi connectivity index (χ0n) is 12.7. The molecule has 0 amide bonds. The quantitative estimate of drug-likeness (QED) is 0.769. The Morgan fingerprint density at radius 1 is 1.10 bits per heavy atom. The van der Waals surface area contributed by atoms with E-state index in [0.717, 1.165) is 21.7 Å². The van der Waals surface area contributed by atoms with Crippen LogP contribution >= 0.6 is 11.6 Å². The molecule has 2 aromatic rings. The second-order valence-corrected chi connectivity index (χ2v) is 5.96. The first-order valence-electron chi connectivity index (χ1n) is 6.99. The van der Waals surface area contributed by atoms with Crippen LogP contribution in [0.2, 0.25) is 5.02 Å². The van der Waals surface area contributed by atoms with Crippen molar-refractivity contribution in [1.82, 2.24) is 4.90 Å². The number of hydrogen-bond acceptors (Lipinski definition) is 2. The van der Waals surface area contributed by atoms with Crippen molar-refractivity contribution in [3.05, 3.63) is 69.7 Å². The number of ketones is 1. The van der Waals surface area contributed by atoms with Gasteiger partial charge in [0.1, 0.15) is 0 Å². The largest absolute Gasteiger partial charge is 0.295 e. The van der Waals surface area contributed by atoms with Gasteiger partial charge >= 0.3 is 0 Å². The Bertz CT molecular complexity index is 651. The number of Topliss-reactive ketones (excluding diaryl/α,β-unsaturated/α-hetero) is 1. The van der Waals surface area contributed by atoms with Crippen LogP contribution in [-0.4, -0.2) is 24.3 Å². The maximum Gasteiger partial charge on any atom is 0.176 e. The SMILES string of the molecule is Cc1ccc(C(=O)CN(C)Cc2cccc(Cl)c2)cc1C. The van der Waals surface area contributed by atoms with E-state index in [4.69, 9.17) is 11.6 Å². The summed E-state index contributed by atoms with van der Waals surface area (Å²) in [6, 6.07) is 13.6. The average molecular weight is 302 g/mol. The lowest BCUT2D eigenvalue weighted by Crippen LogP contribution is -2.25. The second-order valence-electron chi connectivity index (χ2n) is 5.52. The Balaban J connectivity index is 2.00. The van der Waals surface area contributed by atoms with E-state index in [9.17, 15) is 4.79 Å². The topological polar surface area (TPSA) is 20.3 Å². The van der Waals surface area contributed by atoms with Crippen molar-refractivity contribution >= 4 is 17.4 Å². The first-order chi connectivity index (χ1) is 9.95. The molecule has 0 aliphatic heterocycles. The van der Waals surface area contributed by atoms with Crippen LogP contribution in [-0.2, 0) is 6.54 Å². The van der Waals surface area contributed by atoms with Crippen molar-refractivity contribution in [1.29, 1.82) is 0 Å². The van der Waals surface area contributed by atoms with Gasteiger partial charge in [0.05, 0.1) is 6.54 Å². The summed E-state index contributed by atoms with van der Waals surface area (Å²) in [6.45, 7) is 5.18. The summed E-state index contributed by atoms with van der Waals surface area (Å²) in [4.78, 5) is 14.3. The highest BCUT2D eigenvalue weighted by molar-refractivity contribution is 6.30. The van der Waals surface area contributed by atoms with Gasteiger partial charge in [0, 0.05) is 17.1 Å². The smallest absolute Gasteiger partial charge is 0.176 e. The summed E-state index contributed by atoms with van der Waals surface area (Å²) in [5, 5.41) is 0.724. The van der Waals surface area contributed by atoms with Gasteiger partial charge in [-0.2, -0.15) is 0 Å². The summed E-state index contributed by atoms with van der Waals surface area (Å²) < 4.78 is 0. The molecule has 0 atom stereocenters. The lowest BCUT2D eigenvalue weighted by molar-refractivity contribution is 0.0943. The van der Waals surface area contributed by atoms with Gasteiger partial charge in [-0.3, -0.25) is 9.69 Å². The molecule has 0 heterocycles. The first-order valence-corrected chi connectivity index (χ1v) is 7.37. The van der Waals surface area contributed by atoms with Gasteiger partial charge in [0.2, 0.25) is 0 Å². The van der Waals surface area contributed by atoms with Crippen LogP contribution in [0.3, 0.4) is 0 Å². The maximum absolute atomic E-state index is 12.3. The molecular formula is C18H20ClNO. The molecule has 21 heavy (non-hydrogen) atoms. The summed E-state index contributed by atoms with van der Waals surface area (Å²) in [6.07, 6.45) is 0. The predicted octanol–water partition coefficient (Wildman–Crippen LogP) is 4.27. The van der Waals surface area contributed by atoms with Crippen molar-refractivity contribution < 1.29 is 4.79 Å². The Hall–Kier alpha value is -1.64. The number of halogens is 1. The fraction of sp³-hybridized carbons (Fsp3) is 0.278. The van der Waals surface area contributed by atoms with Crippen LogP contribution in [0.5, 0.6) is 0 Å². The van der Waals surface area contributed by atoms with Crippen molar-refractivity contribution in [2.75, 3.05) is 13.6 Å². The molecule has 110 valence electrons. The Labute approximate surface area is 131 Å². The van der Waals surface area contributed by atoms with E-state index in [1.165, 1.54) is 5.56 Å². The maximum atomic E-state index is 12.3. The van der Waals surface area contributed by atoms with E-state index in [0.29, 0.717) is 13.1 Å². The minimum atomic E-state index is 0.141. The molecule has 0 unspecified atom stereocenters. The van der Waals surface area contributed by atoms with E-state index >= 15 is 0 Å². The molecule has 2 rings (SSSR count). The molecule has 0 bridgehead atoms. The molecule has 0 N–H and O–H groups in total. The van der Waals surface area contributed by atoms with Gasteiger partial charge < -0.3 is 0 Å². The van der Waals surface area contributed by atoms with Crippen LogP contribution < -0.4 is 0 Å². The first kappa shape index (κ1) is 15.7. The number of likely N-dealkylation sites (N-methyl/N-ethyl adjacent to an activating group) is 1. The summed E-state index contributed by atoms with van der Waals surface area (Å²) in [5.74, 6) is 0.141. The molecule has 0 fully saturated rings. The van der Waals surface area contributed by atoms with E-state index in [1.807, 2.05) is 61.3 Å². The number of benzene rings is 2.